The van der Waals surface area contributed by atoms with Crippen molar-refractivity contribution in [3.8, 4) is 5.75 Å². The molecule has 0 saturated heterocycles. The molecular weight excluding hydrogens is 422 g/mol. The van der Waals surface area contributed by atoms with Gasteiger partial charge >= 0.3 is 0 Å². The predicted octanol–water partition coefficient (Wildman–Crippen LogP) is 4.70. The van der Waals surface area contributed by atoms with Crippen LogP contribution in [0.15, 0.2) is 82.1 Å². The average Bonchev–Trinajstić information content (AvgIpc) is 2.99. The predicted molar refractivity (Wildman–Crippen MR) is 128 cm³/mol. The minimum Gasteiger partial charge on any atom is -0.497 e. The van der Waals surface area contributed by atoms with E-state index in [9.17, 15) is 4.79 Å². The van der Waals surface area contributed by atoms with Gasteiger partial charge in [0.1, 0.15) is 11.6 Å². The van der Waals surface area contributed by atoms with Crippen LogP contribution >= 0.6 is 11.8 Å². The number of methoxy groups -OCH3 is 1. The largest absolute Gasteiger partial charge is 0.497 e. The molecule has 2 aromatic carbocycles. The number of carbonyl (C=O) groups is 1. The van der Waals surface area contributed by atoms with E-state index in [0.29, 0.717) is 17.4 Å². The van der Waals surface area contributed by atoms with Gasteiger partial charge in [-0.15, -0.1) is 0 Å². The van der Waals surface area contributed by atoms with Crippen LogP contribution in [0.3, 0.4) is 0 Å². The molecule has 162 valence electrons. The maximum absolute atomic E-state index is 12.9. The van der Waals surface area contributed by atoms with Crippen molar-refractivity contribution in [2.45, 2.75) is 24.4 Å². The minimum absolute atomic E-state index is 0.172. The second-order valence-corrected chi connectivity index (χ2v) is 7.96. The molecule has 1 atom stereocenters. The Morgan fingerprint density at radius 3 is 2.34 bits per heavy atom. The SMILES string of the molecule is CCC1=Nc2ccccc2N=C(NC(=O)CSc2ncccn2)[C@H]1c1ccc(OC)cc1. The molecule has 4 rings (SSSR count). The molecule has 0 bridgehead atoms. The number of amidine groups is 1. The third-order valence-corrected chi connectivity index (χ3v) is 5.82. The highest BCUT2D eigenvalue weighted by atomic mass is 32.2. The normalized spacial score (nSPS) is 15.1. The Morgan fingerprint density at radius 1 is 1.00 bits per heavy atom. The van der Waals surface area contributed by atoms with E-state index in [-0.39, 0.29) is 17.6 Å². The van der Waals surface area contributed by atoms with Gasteiger partial charge in [0.25, 0.3) is 0 Å². The number of amides is 1. The van der Waals surface area contributed by atoms with E-state index in [0.717, 1.165) is 28.4 Å². The van der Waals surface area contributed by atoms with Crippen molar-refractivity contribution in [1.82, 2.24) is 15.3 Å². The molecule has 7 nitrogen and oxygen atoms in total. The molecule has 0 radical (unpaired) electrons. The Balaban J connectivity index is 1.67. The standard InChI is InChI=1S/C24H23N5O2S/c1-3-18-22(16-9-11-17(31-2)12-10-16)23(28-20-8-5-4-7-19(20)27-18)29-21(30)15-32-24-25-13-6-14-26-24/h4-14,22H,3,15H2,1-2H3,(H,28,29,30)/t22-/m0/s1. The summed E-state index contributed by atoms with van der Waals surface area (Å²) in [6.45, 7) is 2.06. The van der Waals surface area contributed by atoms with Gasteiger partial charge in [0.15, 0.2) is 5.16 Å². The number of benzene rings is 2. The summed E-state index contributed by atoms with van der Waals surface area (Å²) in [5.41, 5.74) is 3.43. The van der Waals surface area contributed by atoms with Gasteiger partial charge in [0.05, 0.1) is 30.2 Å². The van der Waals surface area contributed by atoms with Crippen LogP contribution in [0.4, 0.5) is 11.4 Å². The Kier molecular flexibility index (Phi) is 6.91. The molecule has 3 aromatic rings. The number of hydrogen-bond acceptors (Lipinski definition) is 7. The Hall–Kier alpha value is -3.52. The van der Waals surface area contributed by atoms with E-state index in [2.05, 4.69) is 22.2 Å². The highest BCUT2D eigenvalue weighted by Crippen LogP contribution is 2.35. The van der Waals surface area contributed by atoms with Crippen LogP contribution in [0.25, 0.3) is 0 Å². The molecule has 1 aliphatic heterocycles. The molecule has 32 heavy (non-hydrogen) atoms. The van der Waals surface area contributed by atoms with Crippen molar-refractivity contribution < 1.29 is 9.53 Å². The average molecular weight is 446 g/mol. The van der Waals surface area contributed by atoms with Gasteiger partial charge in [0, 0.05) is 18.1 Å². The molecule has 0 saturated carbocycles. The fourth-order valence-corrected chi connectivity index (χ4v) is 4.03. The van der Waals surface area contributed by atoms with Gasteiger partial charge in [0.2, 0.25) is 5.91 Å². The van der Waals surface area contributed by atoms with E-state index < -0.39 is 0 Å². The molecule has 0 fully saturated rings. The number of carbonyl (C=O) groups excluding carboxylic acids is 1. The van der Waals surface area contributed by atoms with Crippen molar-refractivity contribution in [3.05, 3.63) is 72.6 Å². The van der Waals surface area contributed by atoms with Crippen LogP contribution < -0.4 is 10.1 Å². The maximum Gasteiger partial charge on any atom is 0.235 e. The second-order valence-electron chi connectivity index (χ2n) is 7.02. The van der Waals surface area contributed by atoms with E-state index in [1.807, 2.05) is 48.5 Å². The highest BCUT2D eigenvalue weighted by Gasteiger charge is 2.28. The highest BCUT2D eigenvalue weighted by molar-refractivity contribution is 7.99. The van der Waals surface area contributed by atoms with Crippen LogP contribution in [-0.2, 0) is 4.79 Å². The summed E-state index contributed by atoms with van der Waals surface area (Å²) < 4.78 is 5.31. The second kappa shape index (κ2) is 10.2. The summed E-state index contributed by atoms with van der Waals surface area (Å²) in [6.07, 6.45) is 4.03. The van der Waals surface area contributed by atoms with Crippen LogP contribution in [0.2, 0.25) is 0 Å². The summed E-state index contributed by atoms with van der Waals surface area (Å²) in [7, 11) is 1.64. The Labute approximate surface area is 191 Å². The van der Waals surface area contributed by atoms with Gasteiger partial charge in [-0.25, -0.2) is 15.0 Å². The molecule has 0 spiro atoms. The van der Waals surface area contributed by atoms with Gasteiger partial charge < -0.3 is 10.1 Å². The number of nitrogens with one attached hydrogen (secondary N) is 1. The van der Waals surface area contributed by atoms with Crippen LogP contribution in [0.5, 0.6) is 5.75 Å². The molecule has 0 unspecified atom stereocenters. The fourth-order valence-electron chi connectivity index (χ4n) is 3.42. The summed E-state index contributed by atoms with van der Waals surface area (Å²) in [5, 5.41) is 3.59. The van der Waals surface area contributed by atoms with Crippen LogP contribution in [0, 0.1) is 0 Å². The fraction of sp³-hybridized carbons (Fsp3) is 0.208. The first-order valence-electron chi connectivity index (χ1n) is 10.3. The Morgan fingerprint density at radius 2 is 1.69 bits per heavy atom. The lowest BCUT2D eigenvalue weighted by Crippen LogP contribution is -2.38. The third-order valence-electron chi connectivity index (χ3n) is 4.95. The quantitative estimate of drug-likeness (QED) is 0.439. The molecule has 1 aromatic heterocycles. The van der Waals surface area contributed by atoms with Gasteiger partial charge in [-0.1, -0.05) is 43.0 Å². The first-order chi connectivity index (χ1) is 15.7. The van der Waals surface area contributed by atoms with E-state index in [1.165, 1.54) is 11.8 Å². The first-order valence-corrected chi connectivity index (χ1v) is 11.2. The number of thioether (sulfide) groups is 1. The van der Waals surface area contributed by atoms with Gasteiger partial charge in [-0.2, -0.15) is 0 Å². The zero-order valence-electron chi connectivity index (χ0n) is 17.9. The lowest BCUT2D eigenvalue weighted by molar-refractivity contribution is -0.117. The zero-order chi connectivity index (χ0) is 22.3. The van der Waals surface area contributed by atoms with Crippen molar-refractivity contribution in [2.75, 3.05) is 12.9 Å². The molecular formula is C24H23N5O2S. The minimum atomic E-state index is -0.278. The lowest BCUT2D eigenvalue weighted by Gasteiger charge is -2.21. The molecule has 1 amide bonds. The number of aromatic nitrogens is 2. The topological polar surface area (TPSA) is 88.8 Å². The number of fused-ring (bicyclic) bond motifs is 1. The number of nitrogens with zero attached hydrogens (tertiary/aromatic N) is 4. The molecule has 1 N–H and O–H groups in total. The summed E-state index contributed by atoms with van der Waals surface area (Å²) >= 11 is 1.28. The van der Waals surface area contributed by atoms with E-state index in [1.54, 1.807) is 25.6 Å². The van der Waals surface area contributed by atoms with Crippen molar-refractivity contribution in [1.29, 1.82) is 0 Å². The number of para-hydroxylation sites is 2. The molecule has 0 aliphatic carbocycles. The summed E-state index contributed by atoms with van der Waals surface area (Å²) in [6, 6.07) is 17.2. The third kappa shape index (κ3) is 5.03. The number of hydrogen-bond donors (Lipinski definition) is 1. The molecule has 8 heteroatoms. The van der Waals surface area contributed by atoms with Crippen molar-refractivity contribution in [3.63, 3.8) is 0 Å². The molecule has 1 aliphatic rings. The number of rotatable bonds is 6. The summed E-state index contributed by atoms with van der Waals surface area (Å²) in [4.78, 5) is 30.9. The monoisotopic (exact) mass is 445 g/mol. The summed E-state index contributed by atoms with van der Waals surface area (Å²) in [5.74, 6) is 1.05. The lowest BCUT2D eigenvalue weighted by atomic mass is 9.91. The van der Waals surface area contributed by atoms with Crippen LogP contribution in [-0.4, -0.2) is 40.3 Å². The smallest absolute Gasteiger partial charge is 0.235 e. The number of aliphatic imine (C=N–C) groups is 2. The van der Waals surface area contributed by atoms with E-state index in [4.69, 9.17) is 14.7 Å². The van der Waals surface area contributed by atoms with E-state index >= 15 is 0 Å². The number of ether oxygens (including phenoxy) is 1. The van der Waals surface area contributed by atoms with Crippen molar-refractivity contribution in [2.24, 2.45) is 9.98 Å². The zero-order valence-corrected chi connectivity index (χ0v) is 18.7. The first kappa shape index (κ1) is 21.7. The van der Waals surface area contributed by atoms with Gasteiger partial charge in [-0.3, -0.25) is 9.79 Å². The van der Waals surface area contributed by atoms with Crippen LogP contribution in [0.1, 0.15) is 24.8 Å². The molecule has 2 heterocycles. The van der Waals surface area contributed by atoms with Crippen molar-refractivity contribution >= 4 is 40.6 Å². The van der Waals surface area contributed by atoms with Gasteiger partial charge in [-0.05, 0) is 42.3 Å². The maximum atomic E-state index is 12.9. The Bertz CT molecular complexity index is 1150.